The monoisotopic (exact) mass is 324 g/mol. The van der Waals surface area contributed by atoms with Crippen molar-refractivity contribution in [2.75, 3.05) is 33.2 Å². The Balaban J connectivity index is 1.92. The number of likely N-dealkylation sites (tertiary alicyclic amines) is 1. The highest BCUT2D eigenvalue weighted by Gasteiger charge is 2.15. The zero-order chi connectivity index (χ0) is 13.8. The third-order valence-electron chi connectivity index (χ3n) is 3.70. The number of hydrogen-bond acceptors (Lipinski definition) is 2. The van der Waals surface area contributed by atoms with E-state index in [-0.39, 0.29) is 5.91 Å². The third-order valence-corrected chi connectivity index (χ3v) is 4.59. The van der Waals surface area contributed by atoms with Gasteiger partial charge in [-0.1, -0.05) is 15.9 Å². The molecule has 0 aliphatic carbocycles. The highest BCUT2D eigenvalue weighted by molar-refractivity contribution is 9.10. The Bertz CT molecular complexity index is 455. The number of aryl methyl sites for hydroxylation is 1. The molecular weight excluding hydrogens is 304 g/mol. The van der Waals surface area contributed by atoms with Crippen LogP contribution in [0.2, 0.25) is 0 Å². The Morgan fingerprint density at radius 2 is 2.05 bits per heavy atom. The molecule has 0 aromatic heterocycles. The van der Waals surface area contributed by atoms with E-state index in [4.69, 9.17) is 0 Å². The molecule has 1 amide bonds. The summed E-state index contributed by atoms with van der Waals surface area (Å²) in [4.78, 5) is 16.6. The summed E-state index contributed by atoms with van der Waals surface area (Å²) < 4.78 is 1.05. The molecule has 1 aromatic carbocycles. The van der Waals surface area contributed by atoms with Gasteiger partial charge in [0.05, 0.1) is 0 Å². The van der Waals surface area contributed by atoms with Crippen LogP contribution in [0.5, 0.6) is 0 Å². The number of amides is 1. The number of carbonyl (C=O) groups is 1. The van der Waals surface area contributed by atoms with Crippen LogP contribution in [0.3, 0.4) is 0 Å². The molecule has 2 rings (SSSR count). The molecule has 1 aromatic rings. The maximum atomic E-state index is 12.3. The second-order valence-electron chi connectivity index (χ2n) is 5.24. The number of likely N-dealkylation sites (N-methyl/N-ethyl adjacent to an activating group) is 1. The second kappa shape index (κ2) is 6.53. The molecular formula is C15H21BrN2O. The number of rotatable bonds is 4. The van der Waals surface area contributed by atoms with Crippen molar-refractivity contribution in [3.63, 3.8) is 0 Å². The summed E-state index contributed by atoms with van der Waals surface area (Å²) in [6, 6.07) is 5.77. The van der Waals surface area contributed by atoms with E-state index in [9.17, 15) is 4.79 Å². The topological polar surface area (TPSA) is 23.6 Å². The molecule has 0 atom stereocenters. The number of hydrogen-bond donors (Lipinski definition) is 0. The summed E-state index contributed by atoms with van der Waals surface area (Å²) in [7, 11) is 1.88. The largest absolute Gasteiger partial charge is 0.340 e. The summed E-state index contributed by atoms with van der Waals surface area (Å²) in [6.45, 7) is 6.15. The Labute approximate surface area is 123 Å². The molecule has 0 radical (unpaired) electrons. The predicted molar refractivity (Wildman–Crippen MR) is 81.5 cm³/mol. The van der Waals surface area contributed by atoms with Crippen LogP contribution in [-0.2, 0) is 0 Å². The van der Waals surface area contributed by atoms with Crippen LogP contribution in [0.15, 0.2) is 22.7 Å². The molecule has 3 nitrogen and oxygen atoms in total. The van der Waals surface area contributed by atoms with Crippen molar-refractivity contribution < 1.29 is 4.79 Å². The van der Waals surface area contributed by atoms with Gasteiger partial charge in [-0.25, -0.2) is 0 Å². The van der Waals surface area contributed by atoms with Crippen LogP contribution < -0.4 is 0 Å². The van der Waals surface area contributed by atoms with Gasteiger partial charge in [0.2, 0.25) is 0 Å². The van der Waals surface area contributed by atoms with Gasteiger partial charge in [0.15, 0.2) is 0 Å². The van der Waals surface area contributed by atoms with Gasteiger partial charge in [0, 0.05) is 30.2 Å². The lowest BCUT2D eigenvalue weighted by Crippen LogP contribution is -2.35. The maximum absolute atomic E-state index is 12.3. The zero-order valence-electron chi connectivity index (χ0n) is 11.7. The molecule has 4 heteroatoms. The molecule has 0 N–H and O–H groups in total. The van der Waals surface area contributed by atoms with Crippen molar-refractivity contribution in [3.05, 3.63) is 33.8 Å². The molecule has 0 unspecified atom stereocenters. The van der Waals surface area contributed by atoms with Gasteiger partial charge >= 0.3 is 0 Å². The molecule has 1 heterocycles. The zero-order valence-corrected chi connectivity index (χ0v) is 13.2. The van der Waals surface area contributed by atoms with E-state index >= 15 is 0 Å². The van der Waals surface area contributed by atoms with E-state index in [1.54, 1.807) is 0 Å². The minimum Gasteiger partial charge on any atom is -0.340 e. The first-order valence-electron chi connectivity index (χ1n) is 6.82. The fourth-order valence-corrected chi connectivity index (χ4v) is 2.64. The first kappa shape index (κ1) is 14.5. The fraction of sp³-hybridized carbons (Fsp3) is 0.533. The van der Waals surface area contributed by atoms with E-state index in [1.807, 2.05) is 37.1 Å². The summed E-state index contributed by atoms with van der Waals surface area (Å²) in [5, 5.41) is 0. The maximum Gasteiger partial charge on any atom is 0.253 e. The fourth-order valence-electron chi connectivity index (χ4n) is 2.40. The second-order valence-corrected chi connectivity index (χ2v) is 6.09. The van der Waals surface area contributed by atoms with Crippen LogP contribution >= 0.6 is 15.9 Å². The lowest BCUT2D eigenvalue weighted by molar-refractivity contribution is 0.0782. The van der Waals surface area contributed by atoms with E-state index < -0.39 is 0 Å². The van der Waals surface area contributed by atoms with E-state index in [1.165, 1.54) is 25.9 Å². The van der Waals surface area contributed by atoms with E-state index in [0.717, 1.165) is 28.7 Å². The predicted octanol–water partition coefficient (Wildman–Crippen LogP) is 2.93. The molecule has 1 aliphatic rings. The number of nitrogens with zero attached hydrogens (tertiary/aromatic N) is 2. The lowest BCUT2D eigenvalue weighted by atomic mass is 10.1. The normalized spacial score (nSPS) is 15.7. The molecule has 0 saturated carbocycles. The standard InChI is InChI=1S/C15H21BrN2O/c1-12-11-13(5-6-14(12)16)15(19)17(2)9-10-18-7-3-4-8-18/h5-6,11H,3-4,7-10H2,1-2H3. The van der Waals surface area contributed by atoms with Crippen molar-refractivity contribution in [1.82, 2.24) is 9.80 Å². The SMILES string of the molecule is Cc1cc(C(=O)N(C)CCN2CCCC2)ccc1Br. The van der Waals surface area contributed by atoms with Gasteiger partial charge in [-0.3, -0.25) is 4.79 Å². The highest BCUT2D eigenvalue weighted by atomic mass is 79.9. The van der Waals surface area contributed by atoms with Crippen LogP contribution in [0, 0.1) is 6.92 Å². The van der Waals surface area contributed by atoms with E-state index in [2.05, 4.69) is 20.8 Å². The Hall–Kier alpha value is -0.870. The number of benzene rings is 1. The van der Waals surface area contributed by atoms with Gasteiger partial charge in [-0.2, -0.15) is 0 Å². The smallest absolute Gasteiger partial charge is 0.253 e. The first-order chi connectivity index (χ1) is 9.08. The molecule has 104 valence electrons. The summed E-state index contributed by atoms with van der Waals surface area (Å²) in [5.41, 5.74) is 1.86. The quantitative estimate of drug-likeness (QED) is 0.850. The minimum absolute atomic E-state index is 0.106. The lowest BCUT2D eigenvalue weighted by Gasteiger charge is -2.21. The van der Waals surface area contributed by atoms with Crippen molar-refractivity contribution in [2.24, 2.45) is 0 Å². The minimum atomic E-state index is 0.106. The van der Waals surface area contributed by atoms with Crippen LogP contribution in [0.4, 0.5) is 0 Å². The average Bonchev–Trinajstić information content (AvgIpc) is 2.91. The molecule has 0 bridgehead atoms. The van der Waals surface area contributed by atoms with Crippen molar-refractivity contribution >= 4 is 21.8 Å². The molecule has 1 saturated heterocycles. The summed E-state index contributed by atoms with van der Waals surface area (Å²) >= 11 is 3.46. The van der Waals surface area contributed by atoms with Crippen LogP contribution in [-0.4, -0.2) is 48.9 Å². The number of carbonyl (C=O) groups excluding carboxylic acids is 1. The number of halogens is 1. The van der Waals surface area contributed by atoms with Gasteiger partial charge in [-0.15, -0.1) is 0 Å². The average molecular weight is 325 g/mol. The molecule has 19 heavy (non-hydrogen) atoms. The molecule has 1 aliphatic heterocycles. The first-order valence-corrected chi connectivity index (χ1v) is 7.61. The Kier molecular flexibility index (Phi) is 4.99. The van der Waals surface area contributed by atoms with Crippen molar-refractivity contribution in [1.29, 1.82) is 0 Å². The molecule has 1 fully saturated rings. The Morgan fingerprint density at radius 1 is 1.37 bits per heavy atom. The summed E-state index contributed by atoms with van der Waals surface area (Å²) in [6.07, 6.45) is 2.59. The van der Waals surface area contributed by atoms with Crippen molar-refractivity contribution in [2.45, 2.75) is 19.8 Å². The van der Waals surface area contributed by atoms with Gasteiger partial charge in [0.1, 0.15) is 0 Å². The molecule has 0 spiro atoms. The van der Waals surface area contributed by atoms with E-state index in [0.29, 0.717) is 0 Å². The van der Waals surface area contributed by atoms with Gasteiger partial charge in [-0.05, 0) is 56.6 Å². The summed E-state index contributed by atoms with van der Waals surface area (Å²) in [5.74, 6) is 0.106. The Morgan fingerprint density at radius 3 is 2.68 bits per heavy atom. The highest BCUT2D eigenvalue weighted by Crippen LogP contribution is 2.18. The van der Waals surface area contributed by atoms with Gasteiger partial charge < -0.3 is 9.80 Å². The van der Waals surface area contributed by atoms with Gasteiger partial charge in [0.25, 0.3) is 5.91 Å². The third kappa shape index (κ3) is 3.80. The van der Waals surface area contributed by atoms with Crippen molar-refractivity contribution in [3.8, 4) is 0 Å². The van der Waals surface area contributed by atoms with Crippen LogP contribution in [0.1, 0.15) is 28.8 Å². The van der Waals surface area contributed by atoms with Crippen LogP contribution in [0.25, 0.3) is 0 Å².